The molecule has 1 aliphatic heterocycles. The summed E-state index contributed by atoms with van der Waals surface area (Å²) >= 11 is 0. The van der Waals surface area contributed by atoms with E-state index in [-0.39, 0.29) is 12.1 Å². The van der Waals surface area contributed by atoms with Gasteiger partial charge in [0, 0.05) is 13.1 Å². The van der Waals surface area contributed by atoms with Gasteiger partial charge in [0.2, 0.25) is 0 Å². The summed E-state index contributed by atoms with van der Waals surface area (Å²) in [5.41, 5.74) is 8.70. The Bertz CT molecular complexity index is 317. The zero-order chi connectivity index (χ0) is 11.4. The van der Waals surface area contributed by atoms with Crippen LogP contribution in [0.4, 0.5) is 0 Å². The molecule has 1 aromatic rings. The third-order valence-electron chi connectivity index (χ3n) is 3.13. The number of hydrogen-bond donors (Lipinski definition) is 2. The standard InChI is InChI=1S/C13H20N2O/c1-2-10-3-5-11(6-4-10)13(14)12-9-15-7-8-16-12/h3-6,12-13,15H,2,7-9,14H2,1H3. The van der Waals surface area contributed by atoms with Crippen LogP contribution in [0.2, 0.25) is 0 Å². The molecule has 1 aromatic carbocycles. The monoisotopic (exact) mass is 220 g/mol. The molecule has 1 saturated heterocycles. The summed E-state index contributed by atoms with van der Waals surface area (Å²) in [6.07, 6.45) is 1.16. The van der Waals surface area contributed by atoms with Crippen LogP contribution in [0, 0.1) is 0 Å². The minimum Gasteiger partial charge on any atom is -0.374 e. The minimum atomic E-state index is -0.0290. The van der Waals surface area contributed by atoms with Crippen molar-refractivity contribution >= 4 is 0 Å². The van der Waals surface area contributed by atoms with Gasteiger partial charge in [0.1, 0.15) is 0 Å². The Morgan fingerprint density at radius 3 is 2.75 bits per heavy atom. The normalized spacial score (nSPS) is 23.0. The van der Waals surface area contributed by atoms with Crippen LogP contribution in [0.3, 0.4) is 0 Å². The number of rotatable bonds is 3. The molecule has 0 radical (unpaired) electrons. The molecule has 1 heterocycles. The summed E-state index contributed by atoms with van der Waals surface area (Å²) in [5.74, 6) is 0. The molecule has 0 saturated carbocycles. The quantitative estimate of drug-likeness (QED) is 0.805. The van der Waals surface area contributed by atoms with Crippen LogP contribution in [0.25, 0.3) is 0 Å². The van der Waals surface area contributed by atoms with Crippen LogP contribution >= 0.6 is 0 Å². The maximum absolute atomic E-state index is 6.20. The second-order valence-electron chi connectivity index (χ2n) is 4.23. The average Bonchev–Trinajstić information content (AvgIpc) is 2.39. The number of hydrogen-bond acceptors (Lipinski definition) is 3. The maximum atomic E-state index is 6.20. The lowest BCUT2D eigenvalue weighted by Crippen LogP contribution is -2.44. The second-order valence-corrected chi connectivity index (χ2v) is 4.23. The van der Waals surface area contributed by atoms with Gasteiger partial charge in [-0.15, -0.1) is 0 Å². The summed E-state index contributed by atoms with van der Waals surface area (Å²) in [7, 11) is 0. The molecule has 2 atom stereocenters. The van der Waals surface area contributed by atoms with E-state index in [4.69, 9.17) is 10.5 Å². The van der Waals surface area contributed by atoms with Crippen LogP contribution in [0.5, 0.6) is 0 Å². The van der Waals surface area contributed by atoms with Crippen molar-refractivity contribution in [1.82, 2.24) is 5.32 Å². The zero-order valence-corrected chi connectivity index (χ0v) is 9.78. The Kier molecular flexibility index (Phi) is 3.93. The van der Waals surface area contributed by atoms with Gasteiger partial charge in [0.25, 0.3) is 0 Å². The minimum absolute atomic E-state index is 0.0290. The van der Waals surface area contributed by atoms with Crippen molar-refractivity contribution in [2.45, 2.75) is 25.5 Å². The van der Waals surface area contributed by atoms with Crippen molar-refractivity contribution in [2.75, 3.05) is 19.7 Å². The van der Waals surface area contributed by atoms with Crippen LogP contribution in [0.1, 0.15) is 24.1 Å². The van der Waals surface area contributed by atoms with Gasteiger partial charge in [0.15, 0.2) is 0 Å². The lowest BCUT2D eigenvalue weighted by atomic mass is 9.99. The number of benzene rings is 1. The Hall–Kier alpha value is -0.900. The molecular weight excluding hydrogens is 200 g/mol. The largest absolute Gasteiger partial charge is 0.374 e. The van der Waals surface area contributed by atoms with Crippen molar-refractivity contribution in [3.63, 3.8) is 0 Å². The molecule has 0 aliphatic carbocycles. The van der Waals surface area contributed by atoms with E-state index in [1.54, 1.807) is 0 Å². The molecule has 0 bridgehead atoms. The summed E-state index contributed by atoms with van der Waals surface area (Å²) in [6, 6.07) is 8.48. The number of ether oxygens (including phenoxy) is 1. The molecule has 3 heteroatoms. The number of aryl methyl sites for hydroxylation is 1. The van der Waals surface area contributed by atoms with Gasteiger partial charge in [-0.3, -0.25) is 0 Å². The number of nitrogens with two attached hydrogens (primary N) is 1. The average molecular weight is 220 g/mol. The summed E-state index contributed by atoms with van der Waals surface area (Å²) in [5, 5.41) is 3.30. The van der Waals surface area contributed by atoms with E-state index in [9.17, 15) is 0 Å². The molecule has 88 valence electrons. The third-order valence-corrected chi connectivity index (χ3v) is 3.13. The maximum Gasteiger partial charge on any atom is 0.0892 e. The Morgan fingerprint density at radius 2 is 2.19 bits per heavy atom. The van der Waals surface area contributed by atoms with Gasteiger partial charge in [0.05, 0.1) is 18.8 Å². The van der Waals surface area contributed by atoms with E-state index >= 15 is 0 Å². The molecular formula is C13H20N2O. The predicted octanol–water partition coefficient (Wildman–Crippen LogP) is 1.24. The summed E-state index contributed by atoms with van der Waals surface area (Å²) in [4.78, 5) is 0. The van der Waals surface area contributed by atoms with E-state index in [1.807, 2.05) is 0 Å². The van der Waals surface area contributed by atoms with Gasteiger partial charge < -0.3 is 15.8 Å². The fourth-order valence-corrected chi connectivity index (χ4v) is 2.01. The first-order valence-corrected chi connectivity index (χ1v) is 5.98. The van der Waals surface area contributed by atoms with E-state index in [0.717, 1.165) is 31.7 Å². The topological polar surface area (TPSA) is 47.3 Å². The van der Waals surface area contributed by atoms with E-state index < -0.39 is 0 Å². The molecule has 3 nitrogen and oxygen atoms in total. The molecule has 3 N–H and O–H groups in total. The van der Waals surface area contributed by atoms with Crippen molar-refractivity contribution in [3.05, 3.63) is 35.4 Å². The first-order valence-electron chi connectivity index (χ1n) is 5.98. The van der Waals surface area contributed by atoms with Crippen LogP contribution in [-0.2, 0) is 11.2 Å². The molecule has 1 aliphatic rings. The molecule has 0 aromatic heterocycles. The van der Waals surface area contributed by atoms with E-state index in [0.29, 0.717) is 0 Å². The fourth-order valence-electron chi connectivity index (χ4n) is 2.01. The fraction of sp³-hybridized carbons (Fsp3) is 0.538. The first-order chi connectivity index (χ1) is 7.81. The molecule has 16 heavy (non-hydrogen) atoms. The van der Waals surface area contributed by atoms with Crippen molar-refractivity contribution < 1.29 is 4.74 Å². The zero-order valence-electron chi connectivity index (χ0n) is 9.78. The molecule has 1 fully saturated rings. The van der Waals surface area contributed by atoms with Crippen molar-refractivity contribution in [2.24, 2.45) is 5.73 Å². The smallest absolute Gasteiger partial charge is 0.0892 e. The Labute approximate surface area is 97.0 Å². The van der Waals surface area contributed by atoms with E-state index in [2.05, 4.69) is 36.5 Å². The summed E-state index contributed by atoms with van der Waals surface area (Å²) in [6.45, 7) is 4.68. The molecule has 2 unspecified atom stereocenters. The molecule has 2 rings (SSSR count). The highest BCUT2D eigenvalue weighted by molar-refractivity contribution is 5.25. The highest BCUT2D eigenvalue weighted by Crippen LogP contribution is 2.18. The van der Waals surface area contributed by atoms with Gasteiger partial charge >= 0.3 is 0 Å². The molecule has 0 spiro atoms. The SMILES string of the molecule is CCc1ccc(C(N)C2CNCCO2)cc1. The Balaban J connectivity index is 2.04. The number of morpholine rings is 1. The van der Waals surface area contributed by atoms with Crippen LogP contribution in [-0.4, -0.2) is 25.8 Å². The van der Waals surface area contributed by atoms with Gasteiger partial charge in [-0.05, 0) is 17.5 Å². The van der Waals surface area contributed by atoms with Gasteiger partial charge in [-0.25, -0.2) is 0 Å². The van der Waals surface area contributed by atoms with Crippen molar-refractivity contribution in [3.8, 4) is 0 Å². The van der Waals surface area contributed by atoms with Crippen molar-refractivity contribution in [1.29, 1.82) is 0 Å². The highest BCUT2D eigenvalue weighted by Gasteiger charge is 2.22. The summed E-state index contributed by atoms with van der Waals surface area (Å²) < 4.78 is 5.66. The van der Waals surface area contributed by atoms with E-state index in [1.165, 1.54) is 5.56 Å². The first kappa shape index (κ1) is 11.6. The van der Waals surface area contributed by atoms with Crippen LogP contribution < -0.4 is 11.1 Å². The van der Waals surface area contributed by atoms with Gasteiger partial charge in [-0.1, -0.05) is 31.2 Å². The van der Waals surface area contributed by atoms with Gasteiger partial charge in [-0.2, -0.15) is 0 Å². The highest BCUT2D eigenvalue weighted by atomic mass is 16.5. The predicted molar refractivity (Wildman–Crippen MR) is 65.4 cm³/mol. The molecule has 0 amide bonds. The lowest BCUT2D eigenvalue weighted by Gasteiger charge is -2.28. The number of nitrogens with one attached hydrogen (secondary N) is 1. The lowest BCUT2D eigenvalue weighted by molar-refractivity contribution is 0.0122. The Morgan fingerprint density at radius 1 is 1.44 bits per heavy atom. The third kappa shape index (κ3) is 2.61. The van der Waals surface area contributed by atoms with Crippen LogP contribution in [0.15, 0.2) is 24.3 Å². The second kappa shape index (κ2) is 5.43.